The number of rotatable bonds is 91. The molecule has 0 aromatic heterocycles. The van der Waals surface area contributed by atoms with Gasteiger partial charge < -0.3 is 154 Å². The lowest BCUT2D eigenvalue weighted by molar-refractivity contribution is -0.0324. The first-order valence-corrected chi connectivity index (χ1v) is 33.6. The van der Waals surface area contributed by atoms with Gasteiger partial charge in [0.2, 0.25) is 0 Å². The number of hydrogen-bond acceptors (Lipinski definition) is 32. The molecule has 0 aromatic rings. The highest BCUT2D eigenvalue weighted by molar-refractivity contribution is 4.45. The molecule has 566 valence electrons. The van der Waals surface area contributed by atoms with Gasteiger partial charge in [-0.1, -0.05) is 0 Å². The smallest absolute Gasteiger partial charge is 0.0701 e. The largest absolute Gasteiger partial charge is 0.378 e. The monoisotopic (exact) mass is 1380 g/mol. The SMILES string of the molecule is NCCOCCOCCOCCOCCOCCOCCOCCOCCOCCOCCOCCOCCOCCOCCOCCOCCOCCOCCOCCOCCOCCOCCOCCOCCOCCOCCOCCOCCOCCOCCN. The first kappa shape index (κ1) is 92.7. The lowest BCUT2D eigenvalue weighted by Gasteiger charge is -2.09. The van der Waals surface area contributed by atoms with E-state index in [2.05, 4.69) is 0 Å². The van der Waals surface area contributed by atoms with Gasteiger partial charge in [0.1, 0.15) is 0 Å². The Morgan fingerprint density at radius 3 is 0.160 bits per heavy atom. The molecule has 0 radical (unpaired) electrons. The normalized spacial score (nSPS) is 11.8. The van der Waals surface area contributed by atoms with Crippen LogP contribution in [0.4, 0.5) is 0 Å². The van der Waals surface area contributed by atoms with Gasteiger partial charge in [-0.15, -0.1) is 0 Å². The highest BCUT2D eigenvalue weighted by Gasteiger charge is 2.02. The Hall–Kier alpha value is -1.28. The summed E-state index contributed by atoms with van der Waals surface area (Å²) in [5.74, 6) is 0. The Kier molecular flexibility index (Phi) is 90.5. The molecular formula is C62H128N2O30. The summed E-state index contributed by atoms with van der Waals surface area (Å²) in [6, 6.07) is 0. The summed E-state index contributed by atoms with van der Waals surface area (Å²) in [5.41, 5.74) is 10.7. The van der Waals surface area contributed by atoms with Crippen molar-refractivity contribution < 1.29 is 142 Å². The van der Waals surface area contributed by atoms with Crippen LogP contribution in [0, 0.1) is 0 Å². The minimum Gasteiger partial charge on any atom is -0.378 e. The van der Waals surface area contributed by atoms with Crippen LogP contribution in [0.1, 0.15) is 0 Å². The van der Waals surface area contributed by atoms with E-state index in [1.54, 1.807) is 0 Å². The molecule has 4 N–H and O–H groups in total. The fourth-order valence-electron chi connectivity index (χ4n) is 6.65. The molecule has 32 nitrogen and oxygen atoms in total. The van der Waals surface area contributed by atoms with Gasteiger partial charge in [-0.2, -0.15) is 0 Å². The van der Waals surface area contributed by atoms with E-state index in [0.29, 0.717) is 410 Å². The summed E-state index contributed by atoms with van der Waals surface area (Å²) in [6.07, 6.45) is 0. The third-order valence-corrected chi connectivity index (χ3v) is 11.3. The maximum Gasteiger partial charge on any atom is 0.0701 e. The van der Waals surface area contributed by atoms with Gasteiger partial charge in [-0.25, -0.2) is 0 Å². The van der Waals surface area contributed by atoms with Crippen LogP contribution in [0.5, 0.6) is 0 Å². The van der Waals surface area contributed by atoms with E-state index < -0.39 is 0 Å². The molecule has 0 fully saturated rings. The molecule has 0 unspecified atom stereocenters. The fraction of sp³-hybridized carbons (Fsp3) is 1.00. The van der Waals surface area contributed by atoms with Crippen LogP contribution in [0.25, 0.3) is 0 Å². The Bertz CT molecular complexity index is 1210. The molecule has 32 heteroatoms. The molecule has 0 aliphatic carbocycles. The van der Waals surface area contributed by atoms with Crippen molar-refractivity contribution in [2.24, 2.45) is 11.5 Å². The third-order valence-electron chi connectivity index (χ3n) is 11.3. The number of hydrogen-bond donors (Lipinski definition) is 2. The molecule has 0 aliphatic heterocycles. The first-order chi connectivity index (χ1) is 46.9. The highest BCUT2D eigenvalue weighted by atomic mass is 16.6. The molecule has 0 bridgehead atoms. The van der Waals surface area contributed by atoms with Gasteiger partial charge in [0.25, 0.3) is 0 Å². The van der Waals surface area contributed by atoms with E-state index in [0.717, 1.165) is 0 Å². The maximum atomic E-state index is 5.54. The maximum absolute atomic E-state index is 5.54. The number of ether oxygens (including phenoxy) is 30. The van der Waals surface area contributed by atoms with Gasteiger partial charge in [-0.3, -0.25) is 0 Å². The van der Waals surface area contributed by atoms with E-state index in [-0.39, 0.29) is 0 Å². The molecular weight excluding hydrogens is 1250 g/mol. The summed E-state index contributed by atoms with van der Waals surface area (Å²) in [4.78, 5) is 0. The summed E-state index contributed by atoms with van der Waals surface area (Å²) >= 11 is 0. The van der Waals surface area contributed by atoms with Gasteiger partial charge >= 0.3 is 0 Å². The lowest BCUT2D eigenvalue weighted by Crippen LogP contribution is -2.16. The second-order valence-electron chi connectivity index (χ2n) is 18.9. The summed E-state index contributed by atoms with van der Waals surface area (Å²) in [7, 11) is 0. The summed E-state index contributed by atoms with van der Waals surface area (Å²) in [6.45, 7) is 30.8. The molecule has 0 aromatic carbocycles. The average Bonchev–Trinajstić information content (AvgIpc) is 3.59. The highest BCUT2D eigenvalue weighted by Crippen LogP contribution is 1.93. The van der Waals surface area contributed by atoms with Crippen molar-refractivity contribution in [1.82, 2.24) is 0 Å². The third kappa shape index (κ3) is 90.7. The quantitative estimate of drug-likeness (QED) is 0.0718. The molecule has 0 aliphatic rings. The Labute approximate surface area is 561 Å². The zero-order valence-corrected chi connectivity index (χ0v) is 57.2. The topological polar surface area (TPSA) is 329 Å². The molecule has 0 heterocycles. The van der Waals surface area contributed by atoms with Crippen LogP contribution in [0.2, 0.25) is 0 Å². The van der Waals surface area contributed by atoms with Gasteiger partial charge in [0.05, 0.1) is 396 Å². The van der Waals surface area contributed by atoms with E-state index in [4.69, 9.17) is 154 Å². The predicted octanol–water partition coefficient (Wildman–Crippen LogP) is -0.598. The average molecular weight is 1380 g/mol. The van der Waals surface area contributed by atoms with Crippen molar-refractivity contribution >= 4 is 0 Å². The summed E-state index contributed by atoms with van der Waals surface area (Å²) < 4.78 is 165. The Morgan fingerprint density at radius 2 is 0.117 bits per heavy atom. The van der Waals surface area contributed by atoms with Crippen LogP contribution in [0.15, 0.2) is 0 Å². The molecule has 0 atom stereocenters. The van der Waals surface area contributed by atoms with Crippen LogP contribution in [0.3, 0.4) is 0 Å². The van der Waals surface area contributed by atoms with Crippen molar-refractivity contribution in [3.8, 4) is 0 Å². The minimum atomic E-state index is 0.480. The van der Waals surface area contributed by atoms with Crippen molar-refractivity contribution in [2.45, 2.75) is 0 Å². The number of nitrogens with two attached hydrogens (primary N) is 2. The molecule has 0 rings (SSSR count). The minimum absolute atomic E-state index is 0.480. The van der Waals surface area contributed by atoms with Crippen molar-refractivity contribution in [2.75, 3.05) is 410 Å². The van der Waals surface area contributed by atoms with Crippen molar-refractivity contribution in [1.29, 1.82) is 0 Å². The van der Waals surface area contributed by atoms with E-state index in [1.165, 1.54) is 0 Å². The van der Waals surface area contributed by atoms with Crippen LogP contribution >= 0.6 is 0 Å². The van der Waals surface area contributed by atoms with Crippen molar-refractivity contribution in [3.05, 3.63) is 0 Å². The van der Waals surface area contributed by atoms with Crippen LogP contribution in [-0.4, -0.2) is 410 Å². The first-order valence-electron chi connectivity index (χ1n) is 33.6. The van der Waals surface area contributed by atoms with Gasteiger partial charge in [-0.05, 0) is 0 Å². The van der Waals surface area contributed by atoms with Crippen molar-refractivity contribution in [3.63, 3.8) is 0 Å². The second kappa shape index (κ2) is 91.7. The lowest BCUT2D eigenvalue weighted by atomic mass is 10.6. The molecule has 0 saturated carbocycles. The molecule has 0 saturated heterocycles. The van der Waals surface area contributed by atoms with Gasteiger partial charge in [0.15, 0.2) is 0 Å². The fourth-order valence-corrected chi connectivity index (χ4v) is 6.65. The van der Waals surface area contributed by atoms with Crippen LogP contribution in [-0.2, 0) is 142 Å². The molecule has 94 heavy (non-hydrogen) atoms. The summed E-state index contributed by atoms with van der Waals surface area (Å²) in [5, 5.41) is 0. The van der Waals surface area contributed by atoms with E-state index >= 15 is 0 Å². The van der Waals surface area contributed by atoms with E-state index in [9.17, 15) is 0 Å². The van der Waals surface area contributed by atoms with Crippen LogP contribution < -0.4 is 11.5 Å². The predicted molar refractivity (Wildman–Crippen MR) is 343 cm³/mol. The molecule has 0 amide bonds. The van der Waals surface area contributed by atoms with Gasteiger partial charge in [0, 0.05) is 13.1 Å². The second-order valence-corrected chi connectivity index (χ2v) is 18.9. The Morgan fingerprint density at radius 1 is 0.0745 bits per heavy atom. The zero-order valence-electron chi connectivity index (χ0n) is 57.2. The zero-order chi connectivity index (χ0) is 67.1. The van der Waals surface area contributed by atoms with E-state index in [1.807, 2.05) is 0 Å². The molecule has 0 spiro atoms. The Balaban J connectivity index is 3.09. The standard InChI is InChI=1S/C62H128N2O30/c63-1-3-65-5-7-67-9-11-69-13-15-71-17-19-73-21-23-75-25-27-77-29-31-79-33-35-81-37-39-83-41-43-85-45-47-87-49-51-89-53-55-91-57-59-93-61-62-94-60-58-92-56-54-90-52-50-88-48-46-86-44-42-84-40-38-82-36-34-80-32-30-78-28-26-76-24-22-74-20-18-72-16-14-70-12-10-68-8-6-66-4-2-64/h1-64H2.